The minimum absolute atomic E-state index is 0. The first kappa shape index (κ1) is 40.0. The van der Waals surface area contributed by atoms with Gasteiger partial charge in [-0.25, -0.2) is 0 Å². The number of nitroso groups, excluding NO2 is 2. The summed E-state index contributed by atoms with van der Waals surface area (Å²) in [6, 6.07) is 51.7. The Morgan fingerprint density at radius 3 is 0.940 bits per heavy atom. The van der Waals surface area contributed by atoms with E-state index in [-0.39, 0.29) is 39.6 Å². The van der Waals surface area contributed by atoms with Crippen LogP contribution in [0, 0.1) is 16.7 Å². The Balaban J connectivity index is 0.000000253. The summed E-state index contributed by atoms with van der Waals surface area (Å²) >= 11 is 0. The Morgan fingerprint density at radius 2 is 0.740 bits per heavy atom. The van der Waals surface area contributed by atoms with Gasteiger partial charge in [0, 0.05) is 51.4 Å². The van der Waals surface area contributed by atoms with Gasteiger partial charge in [0.05, 0.1) is 11.4 Å². The number of nitrogens with one attached hydrogen (secondary N) is 2. The predicted molar refractivity (Wildman–Crippen MR) is 196 cm³/mol. The Bertz CT molecular complexity index is 1720. The van der Waals surface area contributed by atoms with E-state index in [4.69, 9.17) is 0 Å². The van der Waals surface area contributed by atoms with Gasteiger partial charge in [-0.2, -0.15) is 24.6 Å². The van der Waals surface area contributed by atoms with Crippen LogP contribution in [-0.4, -0.2) is 15.4 Å². The van der Waals surface area contributed by atoms with E-state index in [1.165, 1.54) is 0 Å². The van der Waals surface area contributed by atoms with Crippen molar-refractivity contribution in [2.45, 2.75) is 0 Å². The van der Waals surface area contributed by atoms with E-state index in [0.29, 0.717) is 22.3 Å². The summed E-state index contributed by atoms with van der Waals surface area (Å²) in [6.07, 6.45) is 3.50. The Morgan fingerprint density at radius 1 is 0.460 bits per heavy atom. The van der Waals surface area contributed by atoms with Crippen LogP contribution in [0.2, 0.25) is 0 Å². The van der Waals surface area contributed by atoms with Crippen molar-refractivity contribution in [3.8, 4) is 0 Å². The summed E-state index contributed by atoms with van der Waals surface area (Å²) < 4.78 is 0. The van der Waals surface area contributed by atoms with E-state index in [0.717, 1.165) is 5.56 Å². The van der Waals surface area contributed by atoms with Crippen molar-refractivity contribution in [3.05, 3.63) is 227 Å². The molecule has 10 heteroatoms. The molecule has 0 spiro atoms. The predicted octanol–water partition coefficient (Wildman–Crippen LogP) is 9.46. The summed E-state index contributed by atoms with van der Waals surface area (Å²) in [5, 5.41) is 24.5. The summed E-state index contributed by atoms with van der Waals surface area (Å²) in [4.78, 5) is 25.8. The average molecular weight is 710 g/mol. The van der Waals surface area contributed by atoms with Gasteiger partial charge < -0.3 is 0 Å². The van der Waals surface area contributed by atoms with Crippen LogP contribution in [0.3, 0.4) is 0 Å². The standard InChI is InChI=1S/2C14H12N2O2.C7H7.C5H5N.Co/c2*17-15-13(11-7-3-1-4-8-11)14(16-18)12-9-5-2-6-10-12;1-7-5-3-2-4-6-7;1-2-4-6-5-3-1;/h2*1-10,15,17H;2-6H,1H2;1-5H;/q;;-1;;/b2*14-13-;;;. The van der Waals surface area contributed by atoms with Gasteiger partial charge in [-0.1, -0.05) is 133 Å². The first-order valence-corrected chi connectivity index (χ1v) is 15.0. The SMILES string of the molecule is O=N/C(=C(\NO)c1ccccc1)c1ccccc1.O=N/C(=C(\NO)c1ccccc1)c1ccccc1.[CH2-]c1ccccc1.[Co].c1ccncc1. The van der Waals surface area contributed by atoms with Gasteiger partial charge in [-0.3, -0.25) is 26.4 Å². The van der Waals surface area contributed by atoms with Gasteiger partial charge in [0.2, 0.25) is 0 Å². The molecule has 0 saturated carbocycles. The fourth-order valence-corrected chi connectivity index (χ4v) is 4.19. The van der Waals surface area contributed by atoms with Crippen LogP contribution in [0.5, 0.6) is 0 Å². The van der Waals surface area contributed by atoms with E-state index in [9.17, 15) is 20.2 Å². The third-order valence-electron chi connectivity index (χ3n) is 6.51. The quantitative estimate of drug-likeness (QED) is 0.0535. The van der Waals surface area contributed by atoms with Crippen molar-refractivity contribution in [1.29, 1.82) is 0 Å². The number of nitrogens with zero attached hydrogens (tertiary/aromatic N) is 3. The molecule has 0 unspecified atom stereocenters. The number of hydroxylamine groups is 2. The maximum absolute atomic E-state index is 11.0. The Hall–Kier alpha value is -6.17. The second-order valence-corrected chi connectivity index (χ2v) is 9.83. The number of rotatable bonds is 8. The molecule has 0 amide bonds. The molecule has 6 aromatic rings. The van der Waals surface area contributed by atoms with E-state index in [1.807, 2.05) is 97.1 Å². The van der Waals surface area contributed by atoms with Crippen molar-refractivity contribution in [3.63, 3.8) is 0 Å². The number of hydrogen-bond acceptors (Lipinski definition) is 9. The topological polar surface area (TPSA) is 136 Å². The normalized spacial score (nSPS) is 10.5. The molecular weight excluding hydrogens is 673 g/mol. The molecule has 0 aliphatic rings. The second kappa shape index (κ2) is 24.0. The molecule has 1 radical (unpaired) electrons. The number of hydrogen-bond donors (Lipinski definition) is 4. The molecule has 0 aliphatic heterocycles. The first-order chi connectivity index (χ1) is 24.1. The molecule has 255 valence electrons. The maximum Gasteiger partial charge on any atom is 0.141 e. The minimum Gasteiger partial charge on any atom is -0.291 e. The van der Waals surface area contributed by atoms with E-state index < -0.39 is 0 Å². The van der Waals surface area contributed by atoms with Crippen molar-refractivity contribution < 1.29 is 27.2 Å². The maximum atomic E-state index is 11.0. The zero-order chi connectivity index (χ0) is 34.9. The number of benzene rings is 5. The van der Waals surface area contributed by atoms with Gasteiger partial charge in [0.25, 0.3) is 0 Å². The molecule has 0 fully saturated rings. The molecule has 4 N–H and O–H groups in total. The number of pyridine rings is 1. The van der Waals surface area contributed by atoms with Crippen molar-refractivity contribution in [2.24, 2.45) is 10.4 Å². The first-order valence-electron chi connectivity index (χ1n) is 15.0. The summed E-state index contributed by atoms with van der Waals surface area (Å²) in [5.74, 6) is 0. The van der Waals surface area contributed by atoms with Crippen LogP contribution >= 0.6 is 0 Å². The number of aromatic nitrogens is 1. The van der Waals surface area contributed by atoms with E-state index in [2.05, 4.69) is 33.2 Å². The van der Waals surface area contributed by atoms with Gasteiger partial charge in [-0.05, 0) is 22.5 Å². The van der Waals surface area contributed by atoms with Crippen molar-refractivity contribution in [1.82, 2.24) is 15.9 Å². The van der Waals surface area contributed by atoms with Crippen LogP contribution in [0.4, 0.5) is 0 Å². The average Bonchev–Trinajstić information content (AvgIpc) is 3.19. The van der Waals surface area contributed by atoms with Crippen LogP contribution in [-0.2, 0) is 16.8 Å². The second-order valence-electron chi connectivity index (χ2n) is 9.83. The molecule has 0 bridgehead atoms. The van der Waals surface area contributed by atoms with Gasteiger partial charge in [-0.15, -0.1) is 21.9 Å². The zero-order valence-corrected chi connectivity index (χ0v) is 28.0. The molecular formula is C40H36CoN5O4-. The molecule has 6 rings (SSSR count). The molecule has 0 aliphatic carbocycles. The van der Waals surface area contributed by atoms with Crippen LogP contribution in [0.25, 0.3) is 22.8 Å². The van der Waals surface area contributed by atoms with Crippen molar-refractivity contribution >= 4 is 22.8 Å². The molecule has 1 aromatic heterocycles. The fraction of sp³-hybridized carbons (Fsp3) is 0. The van der Waals surface area contributed by atoms with Crippen molar-refractivity contribution in [2.75, 3.05) is 0 Å². The molecule has 5 aromatic carbocycles. The molecule has 0 atom stereocenters. The monoisotopic (exact) mass is 709 g/mol. The Labute approximate surface area is 302 Å². The third-order valence-corrected chi connectivity index (χ3v) is 6.51. The minimum atomic E-state index is 0. The summed E-state index contributed by atoms with van der Waals surface area (Å²) in [5.41, 5.74) is 8.78. The van der Waals surface area contributed by atoms with Crippen LogP contribution < -0.4 is 11.0 Å². The van der Waals surface area contributed by atoms with Gasteiger partial charge in [0.1, 0.15) is 11.4 Å². The smallest absolute Gasteiger partial charge is 0.141 e. The van der Waals surface area contributed by atoms with E-state index in [1.54, 1.807) is 85.2 Å². The summed E-state index contributed by atoms with van der Waals surface area (Å²) in [7, 11) is 0. The third kappa shape index (κ3) is 13.5. The molecule has 50 heavy (non-hydrogen) atoms. The zero-order valence-electron chi connectivity index (χ0n) is 26.9. The molecule has 9 nitrogen and oxygen atoms in total. The van der Waals surface area contributed by atoms with E-state index >= 15 is 0 Å². The van der Waals surface area contributed by atoms with Gasteiger partial charge >= 0.3 is 0 Å². The fourth-order valence-electron chi connectivity index (χ4n) is 4.19. The van der Waals surface area contributed by atoms with Gasteiger partial charge in [0.15, 0.2) is 0 Å². The van der Waals surface area contributed by atoms with Crippen LogP contribution in [0.1, 0.15) is 27.8 Å². The van der Waals surface area contributed by atoms with Crippen LogP contribution in [0.15, 0.2) is 193 Å². The molecule has 1 heterocycles. The summed E-state index contributed by atoms with van der Waals surface area (Å²) in [6.45, 7) is 3.72. The molecule has 0 saturated heterocycles. The largest absolute Gasteiger partial charge is 0.291 e. The Kier molecular flexibility index (Phi) is 19.2.